The summed E-state index contributed by atoms with van der Waals surface area (Å²) in [6.07, 6.45) is 5.28. The minimum Gasteiger partial charge on any atom is -0.366 e. The van der Waals surface area contributed by atoms with Crippen molar-refractivity contribution in [3.8, 4) is 0 Å². The number of thiocarbonyl (C=S) groups is 1. The average molecular weight is 221 g/mol. The molecule has 1 aliphatic rings. The largest absolute Gasteiger partial charge is 0.366 e. The molecule has 2 N–H and O–H groups in total. The Balaban J connectivity index is 2.18. The summed E-state index contributed by atoms with van der Waals surface area (Å²) in [6, 6.07) is 4.42. The van der Waals surface area contributed by atoms with Gasteiger partial charge in [0.2, 0.25) is 0 Å². The second-order valence-electron chi connectivity index (χ2n) is 3.72. The van der Waals surface area contributed by atoms with E-state index in [4.69, 9.17) is 12.2 Å². The van der Waals surface area contributed by atoms with Crippen molar-refractivity contribution in [3.05, 3.63) is 29.6 Å². The van der Waals surface area contributed by atoms with Gasteiger partial charge in [0.05, 0.1) is 11.7 Å². The lowest BCUT2D eigenvalue weighted by Crippen LogP contribution is -2.37. The van der Waals surface area contributed by atoms with Crippen molar-refractivity contribution in [1.29, 1.82) is 0 Å². The summed E-state index contributed by atoms with van der Waals surface area (Å²) in [6.45, 7) is 0. The highest BCUT2D eigenvalue weighted by molar-refractivity contribution is 7.80. The molecule has 0 aromatic carbocycles. The van der Waals surface area contributed by atoms with Gasteiger partial charge in [-0.1, -0.05) is 6.07 Å². The Bertz CT molecular complexity index is 365. The Hall–Kier alpha value is -1.16. The smallest absolute Gasteiger partial charge is 0.166 e. The first-order chi connectivity index (χ1) is 7.31. The number of nitrogens with zero attached hydrogens (tertiary/aromatic N) is 1. The summed E-state index contributed by atoms with van der Waals surface area (Å²) in [5.41, 5.74) is 2.50. The van der Waals surface area contributed by atoms with Crippen molar-refractivity contribution in [2.75, 3.05) is 7.05 Å². The summed E-state index contributed by atoms with van der Waals surface area (Å²) in [7, 11) is 1.83. The van der Waals surface area contributed by atoms with E-state index in [1.54, 1.807) is 0 Å². The van der Waals surface area contributed by atoms with Gasteiger partial charge in [-0.05, 0) is 43.1 Å². The fourth-order valence-corrected chi connectivity index (χ4v) is 2.12. The highest BCUT2D eigenvalue weighted by Gasteiger charge is 2.21. The van der Waals surface area contributed by atoms with Crippen LogP contribution in [0.1, 0.15) is 30.1 Å². The molecule has 1 aromatic rings. The van der Waals surface area contributed by atoms with Crippen molar-refractivity contribution in [2.45, 2.75) is 25.3 Å². The molecule has 2 rings (SSSR count). The lowest BCUT2D eigenvalue weighted by atomic mass is 9.92. The van der Waals surface area contributed by atoms with Crippen LogP contribution in [0.15, 0.2) is 18.3 Å². The van der Waals surface area contributed by atoms with Crippen molar-refractivity contribution >= 4 is 17.3 Å². The first-order valence-electron chi connectivity index (χ1n) is 5.23. The second-order valence-corrected chi connectivity index (χ2v) is 4.12. The molecule has 1 aliphatic carbocycles. The number of nitrogens with one attached hydrogen (secondary N) is 2. The molecule has 0 fully saturated rings. The highest BCUT2D eigenvalue weighted by atomic mass is 32.1. The standard InChI is InChI=1S/C11H15N3S/c1-12-11(15)14-9-6-2-4-8-5-3-7-13-10(8)9/h3,5,7,9H,2,4,6H2,1H3,(H2,12,14,15). The van der Waals surface area contributed by atoms with E-state index in [0.29, 0.717) is 5.11 Å². The van der Waals surface area contributed by atoms with E-state index >= 15 is 0 Å². The lowest BCUT2D eigenvalue weighted by Gasteiger charge is -2.25. The van der Waals surface area contributed by atoms with Gasteiger partial charge in [-0.3, -0.25) is 4.98 Å². The zero-order valence-electron chi connectivity index (χ0n) is 8.79. The molecular formula is C11H15N3S. The number of fused-ring (bicyclic) bond motifs is 1. The molecule has 0 saturated carbocycles. The van der Waals surface area contributed by atoms with Gasteiger partial charge in [0, 0.05) is 13.2 Å². The van der Waals surface area contributed by atoms with E-state index < -0.39 is 0 Å². The van der Waals surface area contributed by atoms with Crippen molar-refractivity contribution < 1.29 is 0 Å². The predicted octanol–water partition coefficient (Wildman–Crippen LogP) is 1.55. The molecule has 3 nitrogen and oxygen atoms in total. The molecule has 0 bridgehead atoms. The summed E-state index contributed by atoms with van der Waals surface area (Å²) in [4.78, 5) is 4.44. The molecule has 0 spiro atoms. The molecule has 15 heavy (non-hydrogen) atoms. The zero-order valence-corrected chi connectivity index (χ0v) is 9.60. The number of hydrogen-bond donors (Lipinski definition) is 2. The SMILES string of the molecule is CNC(=S)NC1CCCc2cccnc21. The van der Waals surface area contributed by atoms with Crippen LogP contribution in [0.25, 0.3) is 0 Å². The minimum atomic E-state index is 0.273. The monoisotopic (exact) mass is 221 g/mol. The summed E-state index contributed by atoms with van der Waals surface area (Å²) in [5, 5.41) is 6.91. The van der Waals surface area contributed by atoms with Gasteiger partial charge in [0.1, 0.15) is 0 Å². The zero-order chi connectivity index (χ0) is 10.7. The second kappa shape index (κ2) is 4.57. The van der Waals surface area contributed by atoms with Gasteiger partial charge in [0.25, 0.3) is 0 Å². The summed E-state index contributed by atoms with van der Waals surface area (Å²) in [5.74, 6) is 0. The Morgan fingerprint density at radius 3 is 3.27 bits per heavy atom. The van der Waals surface area contributed by atoms with Crippen LogP contribution in [0.3, 0.4) is 0 Å². The molecule has 1 atom stereocenters. The van der Waals surface area contributed by atoms with E-state index in [-0.39, 0.29) is 6.04 Å². The number of hydrogen-bond acceptors (Lipinski definition) is 2. The van der Waals surface area contributed by atoms with Crippen LogP contribution in [-0.2, 0) is 6.42 Å². The first-order valence-corrected chi connectivity index (χ1v) is 5.64. The molecule has 0 radical (unpaired) electrons. The normalized spacial score (nSPS) is 19.1. The van der Waals surface area contributed by atoms with Gasteiger partial charge in [0.15, 0.2) is 5.11 Å². The van der Waals surface area contributed by atoms with Gasteiger partial charge in [-0.2, -0.15) is 0 Å². The average Bonchev–Trinajstić information content (AvgIpc) is 2.29. The van der Waals surface area contributed by atoms with Crippen LogP contribution >= 0.6 is 12.2 Å². The molecule has 0 saturated heterocycles. The minimum absolute atomic E-state index is 0.273. The maximum absolute atomic E-state index is 5.12. The highest BCUT2D eigenvalue weighted by Crippen LogP contribution is 2.27. The van der Waals surface area contributed by atoms with E-state index in [9.17, 15) is 0 Å². The summed E-state index contributed by atoms with van der Waals surface area (Å²) < 4.78 is 0. The van der Waals surface area contributed by atoms with Crippen molar-refractivity contribution in [2.24, 2.45) is 0 Å². The van der Waals surface area contributed by atoms with Gasteiger partial charge < -0.3 is 10.6 Å². The van der Waals surface area contributed by atoms with Crippen LogP contribution in [0, 0.1) is 0 Å². The molecule has 1 unspecified atom stereocenters. The topological polar surface area (TPSA) is 37.0 Å². The van der Waals surface area contributed by atoms with Crippen LogP contribution < -0.4 is 10.6 Å². The maximum atomic E-state index is 5.12. The van der Waals surface area contributed by atoms with Gasteiger partial charge >= 0.3 is 0 Å². The van der Waals surface area contributed by atoms with Gasteiger partial charge in [-0.15, -0.1) is 0 Å². The third-order valence-electron chi connectivity index (χ3n) is 2.73. The third-order valence-corrected chi connectivity index (χ3v) is 3.05. The molecule has 1 aromatic heterocycles. The van der Waals surface area contributed by atoms with E-state index in [2.05, 4.69) is 21.7 Å². The fraction of sp³-hybridized carbons (Fsp3) is 0.455. The summed E-state index contributed by atoms with van der Waals surface area (Å²) >= 11 is 5.12. The third kappa shape index (κ3) is 2.26. The molecule has 0 aliphatic heterocycles. The van der Waals surface area contributed by atoms with E-state index in [1.165, 1.54) is 12.0 Å². The lowest BCUT2D eigenvalue weighted by molar-refractivity contribution is 0.511. The Morgan fingerprint density at radius 2 is 2.47 bits per heavy atom. The number of rotatable bonds is 1. The van der Waals surface area contributed by atoms with Crippen molar-refractivity contribution in [3.63, 3.8) is 0 Å². The number of pyridine rings is 1. The Labute approximate surface area is 95.3 Å². The van der Waals surface area contributed by atoms with Crippen LogP contribution in [0.2, 0.25) is 0 Å². The van der Waals surface area contributed by atoms with Gasteiger partial charge in [-0.25, -0.2) is 0 Å². The van der Waals surface area contributed by atoms with Crippen LogP contribution in [0.4, 0.5) is 0 Å². The maximum Gasteiger partial charge on any atom is 0.166 e. The molecule has 0 amide bonds. The van der Waals surface area contributed by atoms with Crippen LogP contribution in [-0.4, -0.2) is 17.1 Å². The predicted molar refractivity (Wildman–Crippen MR) is 64.7 cm³/mol. The molecule has 80 valence electrons. The van der Waals surface area contributed by atoms with E-state index in [1.807, 2.05) is 19.3 Å². The number of aromatic nitrogens is 1. The Morgan fingerprint density at radius 1 is 1.60 bits per heavy atom. The molecule has 1 heterocycles. The number of aryl methyl sites for hydroxylation is 1. The molecule has 4 heteroatoms. The fourth-order valence-electron chi connectivity index (χ4n) is 1.98. The van der Waals surface area contributed by atoms with Crippen LogP contribution in [0.5, 0.6) is 0 Å². The van der Waals surface area contributed by atoms with E-state index in [0.717, 1.165) is 18.5 Å². The molecular weight excluding hydrogens is 206 g/mol. The Kier molecular flexibility index (Phi) is 3.16. The quantitative estimate of drug-likeness (QED) is 0.706. The van der Waals surface area contributed by atoms with Crippen molar-refractivity contribution in [1.82, 2.24) is 15.6 Å². The first kappa shape index (κ1) is 10.4.